The molecule has 1 unspecified atom stereocenters. The molecule has 2 aromatic rings. The number of thiophene rings is 1. The monoisotopic (exact) mass is 392 g/mol. The molecule has 4 nitrogen and oxygen atoms in total. The lowest BCUT2D eigenvalue weighted by molar-refractivity contribution is -0.136. The Kier molecular flexibility index (Phi) is 4.82. The SMILES string of the molecule is CCCC(=O)N1CC(=O)Nc2ccc(Br)cc2C1c1cccs1. The first-order valence-electron chi connectivity index (χ1n) is 7.52. The molecule has 0 spiro atoms. The third-order valence-corrected chi connectivity index (χ3v) is 5.22. The molecule has 3 rings (SSSR count). The fourth-order valence-electron chi connectivity index (χ4n) is 2.82. The standard InChI is InChI=1S/C17H17BrN2O2S/c1-2-4-16(22)20-10-15(21)19-13-7-6-11(18)9-12(13)17(20)14-5-3-8-23-14/h3,5-9,17H,2,4,10H2,1H3,(H,19,21). The molecule has 0 bridgehead atoms. The number of amides is 2. The molecular weight excluding hydrogens is 376 g/mol. The van der Waals surface area contributed by atoms with E-state index < -0.39 is 0 Å². The summed E-state index contributed by atoms with van der Waals surface area (Å²) in [5.41, 5.74) is 1.71. The maximum absolute atomic E-state index is 12.6. The number of carbonyl (C=O) groups is 2. The van der Waals surface area contributed by atoms with Crippen molar-refractivity contribution in [3.8, 4) is 0 Å². The number of anilines is 1. The highest BCUT2D eigenvalue weighted by atomic mass is 79.9. The summed E-state index contributed by atoms with van der Waals surface area (Å²) in [4.78, 5) is 27.6. The maximum atomic E-state index is 12.6. The van der Waals surface area contributed by atoms with Gasteiger partial charge in [-0.15, -0.1) is 11.3 Å². The van der Waals surface area contributed by atoms with E-state index >= 15 is 0 Å². The van der Waals surface area contributed by atoms with Crippen molar-refractivity contribution < 1.29 is 9.59 Å². The van der Waals surface area contributed by atoms with Gasteiger partial charge in [0, 0.05) is 27.0 Å². The number of nitrogens with one attached hydrogen (secondary N) is 1. The van der Waals surface area contributed by atoms with Gasteiger partial charge < -0.3 is 10.2 Å². The fourth-order valence-corrected chi connectivity index (χ4v) is 4.05. The molecule has 2 amide bonds. The van der Waals surface area contributed by atoms with Crippen LogP contribution < -0.4 is 5.32 Å². The first kappa shape index (κ1) is 16.2. The topological polar surface area (TPSA) is 49.4 Å². The minimum absolute atomic E-state index is 0.00822. The summed E-state index contributed by atoms with van der Waals surface area (Å²) >= 11 is 5.10. The van der Waals surface area contributed by atoms with E-state index in [1.165, 1.54) is 0 Å². The zero-order valence-electron chi connectivity index (χ0n) is 12.7. The van der Waals surface area contributed by atoms with Gasteiger partial charge in [0.15, 0.2) is 0 Å². The molecule has 0 saturated heterocycles. The molecule has 0 aliphatic carbocycles. The summed E-state index contributed by atoms with van der Waals surface area (Å²) in [6, 6.07) is 9.51. The van der Waals surface area contributed by atoms with Crippen molar-refractivity contribution in [1.29, 1.82) is 0 Å². The number of halogens is 1. The highest BCUT2D eigenvalue weighted by molar-refractivity contribution is 9.10. The van der Waals surface area contributed by atoms with Gasteiger partial charge in [0.05, 0.1) is 6.04 Å². The van der Waals surface area contributed by atoms with Gasteiger partial charge >= 0.3 is 0 Å². The second kappa shape index (κ2) is 6.84. The van der Waals surface area contributed by atoms with Gasteiger partial charge in [0.2, 0.25) is 11.8 Å². The van der Waals surface area contributed by atoms with Gasteiger partial charge in [-0.1, -0.05) is 28.9 Å². The number of hydrogen-bond donors (Lipinski definition) is 1. The maximum Gasteiger partial charge on any atom is 0.244 e. The van der Waals surface area contributed by atoms with Gasteiger partial charge in [0.1, 0.15) is 6.54 Å². The summed E-state index contributed by atoms with van der Waals surface area (Å²) in [6.07, 6.45) is 1.21. The van der Waals surface area contributed by atoms with Crippen molar-refractivity contribution in [2.75, 3.05) is 11.9 Å². The Labute approximate surface area is 147 Å². The number of hydrogen-bond acceptors (Lipinski definition) is 3. The van der Waals surface area contributed by atoms with Crippen LogP contribution >= 0.6 is 27.3 Å². The summed E-state index contributed by atoms with van der Waals surface area (Å²) in [5, 5.41) is 4.92. The number of carbonyl (C=O) groups excluding carboxylic acids is 2. The van der Waals surface area contributed by atoms with E-state index in [0.717, 1.165) is 27.0 Å². The predicted octanol–water partition coefficient (Wildman–Crippen LogP) is 4.18. The minimum atomic E-state index is -0.236. The van der Waals surface area contributed by atoms with E-state index in [4.69, 9.17) is 0 Å². The molecule has 2 heterocycles. The van der Waals surface area contributed by atoms with Crippen molar-refractivity contribution in [2.24, 2.45) is 0 Å². The Bertz CT molecular complexity index is 730. The normalized spacial score (nSPS) is 17.4. The van der Waals surface area contributed by atoms with E-state index in [-0.39, 0.29) is 24.4 Å². The van der Waals surface area contributed by atoms with E-state index in [1.807, 2.05) is 42.6 Å². The van der Waals surface area contributed by atoms with Crippen LogP contribution in [0, 0.1) is 0 Å². The zero-order chi connectivity index (χ0) is 16.4. The van der Waals surface area contributed by atoms with Crippen LogP contribution in [0.5, 0.6) is 0 Å². The lowest BCUT2D eigenvalue weighted by Crippen LogP contribution is -2.38. The van der Waals surface area contributed by atoms with Crippen molar-refractivity contribution in [2.45, 2.75) is 25.8 Å². The second-order valence-electron chi connectivity index (χ2n) is 5.47. The van der Waals surface area contributed by atoms with Gasteiger partial charge in [0.25, 0.3) is 0 Å². The van der Waals surface area contributed by atoms with E-state index in [2.05, 4.69) is 21.2 Å². The van der Waals surface area contributed by atoms with Crippen LogP contribution in [0.4, 0.5) is 5.69 Å². The van der Waals surface area contributed by atoms with Crippen molar-refractivity contribution in [1.82, 2.24) is 4.90 Å². The third kappa shape index (κ3) is 3.33. The molecular formula is C17H17BrN2O2S. The molecule has 120 valence electrons. The highest BCUT2D eigenvalue weighted by Gasteiger charge is 2.33. The van der Waals surface area contributed by atoms with Gasteiger partial charge in [-0.2, -0.15) is 0 Å². The summed E-state index contributed by atoms with van der Waals surface area (Å²) in [5.74, 6) is -0.147. The van der Waals surface area contributed by atoms with Gasteiger partial charge in [-0.25, -0.2) is 0 Å². The quantitative estimate of drug-likeness (QED) is 0.851. The van der Waals surface area contributed by atoms with Crippen LogP contribution in [0.15, 0.2) is 40.2 Å². The Hall–Kier alpha value is -1.66. The molecule has 0 fully saturated rings. The number of fused-ring (bicyclic) bond motifs is 1. The van der Waals surface area contributed by atoms with Crippen molar-refractivity contribution in [3.05, 3.63) is 50.6 Å². The lowest BCUT2D eigenvalue weighted by atomic mass is 10.0. The average Bonchev–Trinajstić information content (AvgIpc) is 2.99. The summed E-state index contributed by atoms with van der Waals surface area (Å²) < 4.78 is 0.928. The molecule has 1 aliphatic heterocycles. The van der Waals surface area contributed by atoms with E-state index in [0.29, 0.717) is 6.42 Å². The first-order valence-corrected chi connectivity index (χ1v) is 9.19. The molecule has 23 heavy (non-hydrogen) atoms. The largest absolute Gasteiger partial charge is 0.324 e. The van der Waals surface area contributed by atoms with E-state index in [1.54, 1.807) is 16.2 Å². The van der Waals surface area contributed by atoms with Crippen LogP contribution in [0.3, 0.4) is 0 Å². The summed E-state index contributed by atoms with van der Waals surface area (Å²) in [7, 11) is 0. The molecule has 1 aromatic heterocycles. The molecule has 0 radical (unpaired) electrons. The Morgan fingerprint density at radius 2 is 2.26 bits per heavy atom. The fraction of sp³-hybridized carbons (Fsp3) is 0.294. The van der Waals surface area contributed by atoms with Crippen LogP contribution in [0.25, 0.3) is 0 Å². The van der Waals surface area contributed by atoms with E-state index in [9.17, 15) is 9.59 Å². The van der Waals surface area contributed by atoms with Crippen LogP contribution in [-0.4, -0.2) is 23.3 Å². The molecule has 6 heteroatoms. The third-order valence-electron chi connectivity index (χ3n) is 3.80. The average molecular weight is 393 g/mol. The summed E-state index contributed by atoms with van der Waals surface area (Å²) in [6.45, 7) is 2.05. The number of benzene rings is 1. The van der Waals surface area contributed by atoms with Crippen molar-refractivity contribution in [3.63, 3.8) is 0 Å². The lowest BCUT2D eigenvalue weighted by Gasteiger charge is -2.29. The van der Waals surface area contributed by atoms with Crippen LogP contribution in [0.1, 0.15) is 36.2 Å². The predicted molar refractivity (Wildman–Crippen MR) is 95.6 cm³/mol. The zero-order valence-corrected chi connectivity index (χ0v) is 15.1. The molecule has 1 N–H and O–H groups in total. The van der Waals surface area contributed by atoms with Crippen LogP contribution in [-0.2, 0) is 9.59 Å². The molecule has 1 atom stereocenters. The molecule has 1 aromatic carbocycles. The molecule has 1 aliphatic rings. The first-order chi connectivity index (χ1) is 11.1. The Morgan fingerprint density at radius 3 is 2.96 bits per heavy atom. The Morgan fingerprint density at radius 1 is 1.43 bits per heavy atom. The van der Waals surface area contributed by atoms with Crippen LogP contribution in [0.2, 0.25) is 0 Å². The second-order valence-corrected chi connectivity index (χ2v) is 7.36. The van der Waals surface area contributed by atoms with Gasteiger partial charge in [-0.3, -0.25) is 9.59 Å². The smallest absolute Gasteiger partial charge is 0.244 e. The Balaban J connectivity index is 2.15. The highest BCUT2D eigenvalue weighted by Crippen LogP contribution is 2.39. The minimum Gasteiger partial charge on any atom is -0.324 e. The number of rotatable bonds is 3. The van der Waals surface area contributed by atoms with Crippen molar-refractivity contribution >= 4 is 44.8 Å². The molecule has 0 saturated carbocycles. The van der Waals surface area contributed by atoms with Gasteiger partial charge in [-0.05, 0) is 36.1 Å². The number of nitrogens with zero attached hydrogens (tertiary/aromatic N) is 1.